The van der Waals surface area contributed by atoms with Crippen LogP contribution < -0.4 is 5.32 Å². The van der Waals surface area contributed by atoms with E-state index in [1.165, 1.54) is 5.56 Å². The number of rotatable bonds is 4. The summed E-state index contributed by atoms with van der Waals surface area (Å²) in [5.41, 5.74) is 2.31. The molecule has 78 valence electrons. The second-order valence-corrected chi connectivity index (χ2v) is 4.58. The van der Waals surface area contributed by atoms with Crippen LogP contribution in [0.5, 0.6) is 0 Å². The van der Waals surface area contributed by atoms with Crippen molar-refractivity contribution in [1.29, 1.82) is 0 Å². The molecular weight excluding hydrogens is 242 g/mol. The third kappa shape index (κ3) is 2.96. The molecule has 4 heteroatoms. The summed E-state index contributed by atoms with van der Waals surface area (Å²) in [6.07, 6.45) is 2.05. The number of hydrogen-bond donors (Lipinski definition) is 1. The van der Waals surface area contributed by atoms with Gasteiger partial charge in [0.15, 0.2) is 0 Å². The van der Waals surface area contributed by atoms with Crippen LogP contribution in [0, 0.1) is 6.92 Å². The molecule has 0 fully saturated rings. The highest BCUT2D eigenvalue weighted by Gasteiger charge is 2.10. The van der Waals surface area contributed by atoms with E-state index in [9.17, 15) is 0 Å². The van der Waals surface area contributed by atoms with E-state index in [1.54, 1.807) is 0 Å². The van der Waals surface area contributed by atoms with Gasteiger partial charge in [-0.1, -0.05) is 22.5 Å². The van der Waals surface area contributed by atoms with E-state index >= 15 is 0 Å². The van der Waals surface area contributed by atoms with Crippen molar-refractivity contribution in [2.45, 2.75) is 19.9 Å². The Morgan fingerprint density at radius 2 is 2.43 bits per heavy atom. The summed E-state index contributed by atoms with van der Waals surface area (Å²) in [6, 6.07) is 0.304. The van der Waals surface area contributed by atoms with Gasteiger partial charge in [-0.15, -0.1) is 0 Å². The van der Waals surface area contributed by atoms with Gasteiger partial charge in [-0.25, -0.2) is 0 Å². The maximum Gasteiger partial charge on any atom is 0.0641 e. The molecule has 1 atom stereocenters. The first-order valence-electron chi connectivity index (χ1n) is 4.57. The number of halogens is 1. The van der Waals surface area contributed by atoms with Crippen molar-refractivity contribution in [3.05, 3.63) is 28.5 Å². The highest BCUT2D eigenvalue weighted by atomic mass is 79.9. The second-order valence-electron chi connectivity index (χ2n) is 3.46. The van der Waals surface area contributed by atoms with Crippen molar-refractivity contribution in [1.82, 2.24) is 15.1 Å². The summed E-state index contributed by atoms with van der Waals surface area (Å²) >= 11 is 3.32. The molecule has 0 aliphatic heterocycles. The zero-order valence-corrected chi connectivity index (χ0v) is 10.4. The van der Waals surface area contributed by atoms with E-state index in [0.29, 0.717) is 6.04 Å². The lowest BCUT2D eigenvalue weighted by Gasteiger charge is -2.12. The van der Waals surface area contributed by atoms with Gasteiger partial charge in [0.25, 0.3) is 0 Å². The molecule has 0 spiro atoms. The summed E-state index contributed by atoms with van der Waals surface area (Å²) in [7, 11) is 1.94. The molecule has 1 heterocycles. The molecule has 1 rings (SSSR count). The van der Waals surface area contributed by atoms with Crippen LogP contribution in [0.15, 0.2) is 17.3 Å². The summed E-state index contributed by atoms with van der Waals surface area (Å²) in [6.45, 7) is 8.70. The monoisotopic (exact) mass is 257 g/mol. The molecule has 1 aromatic heterocycles. The van der Waals surface area contributed by atoms with E-state index in [4.69, 9.17) is 0 Å². The fourth-order valence-corrected chi connectivity index (χ4v) is 1.58. The quantitative estimate of drug-likeness (QED) is 0.898. The molecule has 0 aliphatic rings. The molecule has 0 saturated carbocycles. The van der Waals surface area contributed by atoms with Gasteiger partial charge >= 0.3 is 0 Å². The van der Waals surface area contributed by atoms with Crippen LogP contribution in [0.2, 0.25) is 0 Å². The van der Waals surface area contributed by atoms with Crippen molar-refractivity contribution >= 4 is 15.9 Å². The molecule has 1 aromatic rings. The Hall–Kier alpha value is -0.610. The smallest absolute Gasteiger partial charge is 0.0641 e. The lowest BCUT2D eigenvalue weighted by molar-refractivity contribution is 0.612. The molecule has 1 unspecified atom stereocenters. The van der Waals surface area contributed by atoms with Gasteiger partial charge in [0, 0.05) is 35.9 Å². The van der Waals surface area contributed by atoms with Crippen LogP contribution in [-0.4, -0.2) is 16.3 Å². The van der Waals surface area contributed by atoms with Crippen LogP contribution >= 0.6 is 15.9 Å². The van der Waals surface area contributed by atoms with Crippen LogP contribution in [0.4, 0.5) is 0 Å². The Morgan fingerprint density at radius 3 is 2.86 bits per heavy atom. The molecular formula is C10H16BrN3. The minimum atomic E-state index is 0.304. The minimum absolute atomic E-state index is 0.304. The molecule has 0 bridgehead atoms. The Bertz CT molecular complexity index is 330. The topological polar surface area (TPSA) is 29.9 Å². The predicted octanol–water partition coefficient (Wildman–Crippen LogP) is 2.29. The summed E-state index contributed by atoms with van der Waals surface area (Å²) in [5, 5.41) is 7.65. The molecule has 3 nitrogen and oxygen atoms in total. The second kappa shape index (κ2) is 4.75. The first kappa shape index (κ1) is 11.5. The first-order chi connectivity index (χ1) is 6.50. The average Bonchev–Trinajstić information content (AvgIpc) is 2.41. The van der Waals surface area contributed by atoms with Gasteiger partial charge in [-0.2, -0.15) is 5.10 Å². The zero-order valence-electron chi connectivity index (χ0n) is 8.84. The third-order valence-electron chi connectivity index (χ3n) is 2.12. The van der Waals surface area contributed by atoms with Gasteiger partial charge in [0.2, 0.25) is 0 Å². The highest BCUT2D eigenvalue weighted by Crippen LogP contribution is 2.15. The molecule has 0 amide bonds. The summed E-state index contributed by atoms with van der Waals surface area (Å²) in [4.78, 5) is 0. The van der Waals surface area contributed by atoms with Gasteiger partial charge in [-0.05, 0) is 13.8 Å². The summed E-state index contributed by atoms with van der Waals surface area (Å²) in [5.74, 6) is 0. The Labute approximate surface area is 93.3 Å². The van der Waals surface area contributed by atoms with Crippen molar-refractivity contribution in [3.8, 4) is 0 Å². The van der Waals surface area contributed by atoms with Crippen LogP contribution in [-0.2, 0) is 7.05 Å². The van der Waals surface area contributed by atoms with Crippen molar-refractivity contribution < 1.29 is 0 Å². The summed E-state index contributed by atoms with van der Waals surface area (Å²) < 4.78 is 2.80. The van der Waals surface area contributed by atoms with E-state index < -0.39 is 0 Å². The minimum Gasteiger partial charge on any atom is -0.306 e. The largest absolute Gasteiger partial charge is 0.306 e. The maximum atomic E-state index is 4.30. The standard InChI is InChI=1S/C10H16BrN3/c1-7(11)5-12-8(2)10-6-14(4)13-9(10)3/h6,8,12H,1,5H2,2-4H3. The van der Waals surface area contributed by atoms with Crippen LogP contribution in [0.3, 0.4) is 0 Å². The van der Waals surface area contributed by atoms with E-state index in [-0.39, 0.29) is 0 Å². The lowest BCUT2D eigenvalue weighted by Crippen LogP contribution is -2.19. The third-order valence-corrected chi connectivity index (χ3v) is 2.40. The molecule has 0 radical (unpaired) electrons. The van der Waals surface area contributed by atoms with Gasteiger partial charge in [0.05, 0.1) is 5.69 Å². The van der Waals surface area contributed by atoms with Gasteiger partial charge in [-0.3, -0.25) is 4.68 Å². The average molecular weight is 258 g/mol. The molecule has 0 aliphatic carbocycles. The molecule has 0 aromatic carbocycles. The van der Waals surface area contributed by atoms with E-state index in [2.05, 4.69) is 39.8 Å². The SMILES string of the molecule is C=C(Br)CNC(C)c1cn(C)nc1C. The lowest BCUT2D eigenvalue weighted by atomic mass is 10.1. The number of nitrogens with zero attached hydrogens (tertiary/aromatic N) is 2. The fourth-order valence-electron chi connectivity index (χ4n) is 1.42. The maximum absolute atomic E-state index is 4.30. The van der Waals surface area contributed by atoms with Crippen LogP contribution in [0.1, 0.15) is 24.2 Å². The van der Waals surface area contributed by atoms with Crippen LogP contribution in [0.25, 0.3) is 0 Å². The first-order valence-corrected chi connectivity index (χ1v) is 5.37. The molecule has 1 N–H and O–H groups in total. The Balaban J connectivity index is 2.64. The predicted molar refractivity (Wildman–Crippen MR) is 62.4 cm³/mol. The number of hydrogen-bond acceptors (Lipinski definition) is 2. The Morgan fingerprint density at radius 1 is 1.79 bits per heavy atom. The number of nitrogens with one attached hydrogen (secondary N) is 1. The van der Waals surface area contributed by atoms with Gasteiger partial charge in [0.1, 0.15) is 0 Å². The Kier molecular flexibility index (Phi) is 3.89. The van der Waals surface area contributed by atoms with Gasteiger partial charge < -0.3 is 5.32 Å². The molecule has 0 saturated heterocycles. The molecule has 14 heavy (non-hydrogen) atoms. The highest BCUT2D eigenvalue weighted by molar-refractivity contribution is 9.11. The number of aryl methyl sites for hydroxylation is 2. The van der Waals surface area contributed by atoms with Crippen molar-refractivity contribution in [2.24, 2.45) is 7.05 Å². The van der Waals surface area contributed by atoms with E-state index in [1.807, 2.05) is 24.9 Å². The van der Waals surface area contributed by atoms with E-state index in [0.717, 1.165) is 16.7 Å². The zero-order chi connectivity index (χ0) is 10.7. The van der Waals surface area contributed by atoms with Crippen molar-refractivity contribution in [3.63, 3.8) is 0 Å². The number of aromatic nitrogens is 2. The normalized spacial score (nSPS) is 12.9. The van der Waals surface area contributed by atoms with Crippen molar-refractivity contribution in [2.75, 3.05) is 6.54 Å². The fraction of sp³-hybridized carbons (Fsp3) is 0.500.